The van der Waals surface area contributed by atoms with Gasteiger partial charge in [0, 0.05) is 12.7 Å². The predicted octanol–water partition coefficient (Wildman–Crippen LogP) is 0.0828. The van der Waals surface area contributed by atoms with E-state index in [9.17, 15) is 9.59 Å². The molecule has 5 heteroatoms. The van der Waals surface area contributed by atoms with E-state index in [-0.39, 0.29) is 5.91 Å². The monoisotopic (exact) mass is 189 g/mol. The maximum absolute atomic E-state index is 10.8. The largest absolute Gasteiger partial charge is 0.479 e. The van der Waals surface area contributed by atoms with E-state index in [1.54, 1.807) is 11.8 Å². The van der Waals surface area contributed by atoms with Crippen molar-refractivity contribution in [2.75, 3.05) is 11.5 Å². The van der Waals surface area contributed by atoms with Crippen molar-refractivity contribution in [2.45, 2.75) is 18.9 Å². The molecule has 12 heavy (non-hydrogen) atoms. The van der Waals surface area contributed by atoms with Crippen LogP contribution in [-0.2, 0) is 9.59 Å². The van der Waals surface area contributed by atoms with Crippen LogP contribution in [0.2, 0.25) is 0 Å². The molecule has 0 aliphatic carbocycles. The molecule has 0 aromatic heterocycles. The Morgan fingerprint density at radius 2 is 2.25 bits per heavy atom. The van der Waals surface area contributed by atoms with E-state index in [0.29, 0.717) is 12.2 Å². The van der Waals surface area contributed by atoms with Crippen molar-refractivity contribution in [1.29, 1.82) is 0 Å². The zero-order chi connectivity index (χ0) is 9.19. The number of carboxylic acids is 1. The van der Waals surface area contributed by atoms with E-state index < -0.39 is 11.5 Å². The molecule has 0 aromatic carbocycles. The maximum atomic E-state index is 10.8. The Kier molecular flexibility index (Phi) is 2.62. The third-order valence-electron chi connectivity index (χ3n) is 1.85. The van der Waals surface area contributed by atoms with Crippen LogP contribution < -0.4 is 5.32 Å². The normalized spacial score (nSPS) is 28.4. The predicted molar refractivity (Wildman–Crippen MR) is 46.1 cm³/mol. The summed E-state index contributed by atoms with van der Waals surface area (Å²) in [5, 5.41) is 11.4. The lowest BCUT2D eigenvalue weighted by Gasteiger charge is -2.23. The highest BCUT2D eigenvalue weighted by Gasteiger charge is 2.42. The number of aliphatic carboxylic acids is 1. The van der Waals surface area contributed by atoms with Crippen LogP contribution in [0.1, 0.15) is 13.3 Å². The SMILES string of the molecule is CC(=O)NC1(C(=O)O)CCSC1. The van der Waals surface area contributed by atoms with Crippen LogP contribution in [0, 0.1) is 0 Å². The third kappa shape index (κ3) is 1.72. The van der Waals surface area contributed by atoms with Gasteiger partial charge in [-0.1, -0.05) is 0 Å². The smallest absolute Gasteiger partial charge is 0.330 e. The van der Waals surface area contributed by atoms with Gasteiger partial charge in [0.1, 0.15) is 5.54 Å². The van der Waals surface area contributed by atoms with Crippen LogP contribution in [0.15, 0.2) is 0 Å². The lowest BCUT2D eigenvalue weighted by molar-refractivity contribution is -0.146. The highest BCUT2D eigenvalue weighted by atomic mass is 32.2. The molecule has 0 radical (unpaired) electrons. The Morgan fingerprint density at radius 3 is 2.58 bits per heavy atom. The van der Waals surface area contributed by atoms with E-state index >= 15 is 0 Å². The molecule has 1 heterocycles. The first kappa shape index (κ1) is 9.38. The van der Waals surface area contributed by atoms with Crippen LogP contribution in [-0.4, -0.2) is 34.0 Å². The Morgan fingerprint density at radius 1 is 1.58 bits per heavy atom. The molecule has 1 aliphatic rings. The first-order valence-corrected chi connectivity index (χ1v) is 4.82. The molecule has 0 bridgehead atoms. The highest BCUT2D eigenvalue weighted by Crippen LogP contribution is 2.28. The fourth-order valence-corrected chi connectivity index (χ4v) is 2.55. The van der Waals surface area contributed by atoms with Gasteiger partial charge in [-0.15, -0.1) is 0 Å². The lowest BCUT2D eigenvalue weighted by atomic mass is 9.99. The van der Waals surface area contributed by atoms with E-state index in [2.05, 4.69) is 5.32 Å². The maximum Gasteiger partial charge on any atom is 0.330 e. The van der Waals surface area contributed by atoms with Crippen LogP contribution in [0.4, 0.5) is 0 Å². The Balaban J connectivity index is 2.72. The summed E-state index contributed by atoms with van der Waals surface area (Å²) in [7, 11) is 0. The summed E-state index contributed by atoms with van der Waals surface area (Å²) in [6.45, 7) is 1.34. The number of thioether (sulfide) groups is 1. The molecule has 1 amide bonds. The third-order valence-corrected chi connectivity index (χ3v) is 3.04. The summed E-state index contributed by atoms with van der Waals surface area (Å²) in [6.07, 6.45) is 0.520. The second kappa shape index (κ2) is 3.35. The second-order valence-corrected chi connectivity index (χ2v) is 3.98. The molecule has 1 atom stereocenters. The molecular formula is C7H11NO3S. The Hall–Kier alpha value is -0.710. The molecule has 4 nitrogen and oxygen atoms in total. The van der Waals surface area contributed by atoms with Gasteiger partial charge in [-0.25, -0.2) is 4.79 Å². The highest BCUT2D eigenvalue weighted by molar-refractivity contribution is 7.99. The van der Waals surface area contributed by atoms with Gasteiger partial charge in [0.2, 0.25) is 5.91 Å². The van der Waals surface area contributed by atoms with Gasteiger partial charge in [0.05, 0.1) is 0 Å². The first-order valence-electron chi connectivity index (χ1n) is 3.67. The molecular weight excluding hydrogens is 178 g/mol. The quantitative estimate of drug-likeness (QED) is 0.645. The summed E-state index contributed by atoms with van der Waals surface area (Å²) in [5.41, 5.74) is -1.00. The number of carbonyl (C=O) groups is 2. The van der Waals surface area contributed by atoms with Crippen molar-refractivity contribution in [3.8, 4) is 0 Å². The van der Waals surface area contributed by atoms with E-state index in [4.69, 9.17) is 5.11 Å². The molecule has 0 saturated carbocycles. The standard InChI is InChI=1S/C7H11NO3S/c1-5(9)8-7(6(10)11)2-3-12-4-7/h2-4H2,1H3,(H,8,9)(H,10,11). The fourth-order valence-electron chi connectivity index (χ4n) is 1.22. The molecule has 1 aliphatic heterocycles. The molecule has 0 aromatic rings. The first-order chi connectivity index (χ1) is 5.57. The van der Waals surface area contributed by atoms with Gasteiger partial charge in [-0.2, -0.15) is 11.8 Å². The zero-order valence-electron chi connectivity index (χ0n) is 6.79. The van der Waals surface area contributed by atoms with Gasteiger partial charge in [0.25, 0.3) is 0 Å². The molecule has 0 spiro atoms. The summed E-state index contributed by atoms with van der Waals surface area (Å²) in [5.74, 6) is 0.0664. The van der Waals surface area contributed by atoms with Crippen LogP contribution >= 0.6 is 11.8 Å². The topological polar surface area (TPSA) is 66.4 Å². The van der Waals surface area contributed by atoms with Crippen LogP contribution in [0.3, 0.4) is 0 Å². The van der Waals surface area contributed by atoms with Gasteiger partial charge < -0.3 is 10.4 Å². The van der Waals surface area contributed by atoms with Gasteiger partial charge >= 0.3 is 5.97 Å². The minimum atomic E-state index is -1.00. The number of carbonyl (C=O) groups excluding carboxylic acids is 1. The number of carboxylic acid groups (broad SMARTS) is 1. The summed E-state index contributed by atoms with van der Waals surface area (Å²) in [6, 6.07) is 0. The van der Waals surface area contributed by atoms with Crippen molar-refractivity contribution in [3.63, 3.8) is 0 Å². The Bertz CT molecular complexity index is 211. The number of amides is 1. The summed E-state index contributed by atoms with van der Waals surface area (Å²) < 4.78 is 0. The number of rotatable bonds is 2. The average molecular weight is 189 g/mol. The van der Waals surface area contributed by atoms with E-state index in [1.165, 1.54) is 6.92 Å². The lowest BCUT2D eigenvalue weighted by Crippen LogP contribution is -2.54. The zero-order valence-corrected chi connectivity index (χ0v) is 7.61. The minimum Gasteiger partial charge on any atom is -0.479 e. The van der Waals surface area contributed by atoms with Crippen molar-refractivity contribution in [3.05, 3.63) is 0 Å². The summed E-state index contributed by atoms with van der Waals surface area (Å²) in [4.78, 5) is 21.6. The van der Waals surface area contributed by atoms with Gasteiger partial charge in [-0.05, 0) is 12.2 Å². The number of hydrogen-bond donors (Lipinski definition) is 2. The van der Waals surface area contributed by atoms with Crippen LogP contribution in [0.5, 0.6) is 0 Å². The van der Waals surface area contributed by atoms with Gasteiger partial charge in [-0.3, -0.25) is 4.79 Å². The van der Waals surface area contributed by atoms with Crippen molar-refractivity contribution >= 4 is 23.6 Å². The fraction of sp³-hybridized carbons (Fsp3) is 0.714. The van der Waals surface area contributed by atoms with Crippen molar-refractivity contribution in [2.24, 2.45) is 0 Å². The molecule has 1 rings (SSSR count). The van der Waals surface area contributed by atoms with Gasteiger partial charge in [0.15, 0.2) is 0 Å². The molecule has 68 valence electrons. The molecule has 2 N–H and O–H groups in total. The average Bonchev–Trinajstić information content (AvgIpc) is 2.35. The van der Waals surface area contributed by atoms with E-state index in [0.717, 1.165) is 5.75 Å². The van der Waals surface area contributed by atoms with Crippen molar-refractivity contribution in [1.82, 2.24) is 5.32 Å². The van der Waals surface area contributed by atoms with Crippen LogP contribution in [0.25, 0.3) is 0 Å². The van der Waals surface area contributed by atoms with E-state index in [1.807, 2.05) is 0 Å². The van der Waals surface area contributed by atoms with Crippen molar-refractivity contribution < 1.29 is 14.7 Å². The Labute approximate surface area is 74.7 Å². The molecule has 1 unspecified atom stereocenters. The summed E-state index contributed by atoms with van der Waals surface area (Å²) >= 11 is 1.56. The second-order valence-electron chi connectivity index (χ2n) is 2.87. The minimum absolute atomic E-state index is 0.278. The molecule has 1 saturated heterocycles. The number of nitrogens with one attached hydrogen (secondary N) is 1. The number of hydrogen-bond acceptors (Lipinski definition) is 3. The molecule has 1 fully saturated rings.